The van der Waals surface area contributed by atoms with Crippen LogP contribution in [0, 0.1) is 6.92 Å². The average molecular weight is 377 g/mol. The highest BCUT2D eigenvalue weighted by molar-refractivity contribution is 7.99. The number of methoxy groups -OCH3 is 1. The maximum atomic E-state index is 5.43. The third kappa shape index (κ3) is 3.96. The molecule has 0 radical (unpaired) electrons. The highest BCUT2D eigenvalue weighted by Gasteiger charge is 2.23. The molecule has 3 aromatic rings. The molecule has 0 spiro atoms. The number of anilines is 1. The van der Waals surface area contributed by atoms with Gasteiger partial charge in [0.2, 0.25) is 0 Å². The first-order chi connectivity index (χ1) is 13.2. The summed E-state index contributed by atoms with van der Waals surface area (Å²) in [7, 11) is 1.73. The van der Waals surface area contributed by atoms with Gasteiger partial charge >= 0.3 is 0 Å². The van der Waals surface area contributed by atoms with E-state index in [4.69, 9.17) is 4.74 Å². The van der Waals surface area contributed by atoms with Crippen molar-refractivity contribution in [3.8, 4) is 5.75 Å². The lowest BCUT2D eigenvalue weighted by molar-refractivity contribution is 0.411. The van der Waals surface area contributed by atoms with Gasteiger partial charge in [0.15, 0.2) is 0 Å². The van der Waals surface area contributed by atoms with Crippen LogP contribution in [0.25, 0.3) is 0 Å². The second-order valence-electron chi connectivity index (χ2n) is 6.87. The molecule has 1 aliphatic rings. The first kappa shape index (κ1) is 17.9. The van der Waals surface area contributed by atoms with E-state index in [1.807, 2.05) is 30.2 Å². The van der Waals surface area contributed by atoms with Gasteiger partial charge < -0.3 is 9.64 Å². The molecule has 0 saturated carbocycles. The van der Waals surface area contributed by atoms with Crippen molar-refractivity contribution in [1.82, 2.24) is 4.98 Å². The van der Waals surface area contributed by atoms with Crippen molar-refractivity contribution in [1.29, 1.82) is 0 Å². The van der Waals surface area contributed by atoms with E-state index in [9.17, 15) is 0 Å². The first-order valence-corrected chi connectivity index (χ1v) is 10.2. The van der Waals surface area contributed by atoms with Crippen molar-refractivity contribution in [2.75, 3.05) is 18.6 Å². The van der Waals surface area contributed by atoms with Crippen LogP contribution in [0.5, 0.6) is 5.75 Å². The molecule has 4 rings (SSSR count). The molecule has 1 atom stereocenters. The minimum atomic E-state index is 0.439. The normalized spacial score (nSPS) is 16.5. The molecule has 27 heavy (non-hydrogen) atoms. The summed E-state index contributed by atoms with van der Waals surface area (Å²) in [5.74, 6) is 0.955. The number of fused-ring (bicyclic) bond motifs is 1. The van der Waals surface area contributed by atoms with Gasteiger partial charge in [0.05, 0.1) is 12.8 Å². The highest BCUT2D eigenvalue weighted by atomic mass is 32.2. The Hall–Kier alpha value is -2.46. The molecular formula is C23H24N2OS. The third-order valence-electron chi connectivity index (χ3n) is 5.02. The Labute approximate surface area is 165 Å². The Bertz CT molecular complexity index is 913. The fraction of sp³-hybridized carbons (Fsp3) is 0.261. The van der Waals surface area contributed by atoms with Crippen LogP contribution in [0.15, 0.2) is 71.9 Å². The predicted octanol–water partition coefficient (Wildman–Crippen LogP) is 5.64. The van der Waals surface area contributed by atoms with Crippen molar-refractivity contribution in [3.05, 3.63) is 83.7 Å². The predicted molar refractivity (Wildman–Crippen MR) is 113 cm³/mol. The van der Waals surface area contributed by atoms with Gasteiger partial charge in [-0.15, -0.1) is 11.8 Å². The molecule has 0 bridgehead atoms. The lowest BCUT2D eigenvalue weighted by Gasteiger charge is -2.24. The van der Waals surface area contributed by atoms with Gasteiger partial charge in [0.1, 0.15) is 5.75 Å². The molecule has 1 unspecified atom stereocenters. The molecule has 2 heterocycles. The lowest BCUT2D eigenvalue weighted by Crippen LogP contribution is -2.24. The van der Waals surface area contributed by atoms with Gasteiger partial charge in [0.25, 0.3) is 0 Å². The van der Waals surface area contributed by atoms with Gasteiger partial charge in [-0.2, -0.15) is 0 Å². The van der Waals surface area contributed by atoms with Gasteiger partial charge in [-0.1, -0.05) is 30.3 Å². The topological polar surface area (TPSA) is 25.4 Å². The summed E-state index contributed by atoms with van der Waals surface area (Å²) in [6.07, 6.45) is 4.90. The number of aromatic nitrogens is 1. The Morgan fingerprint density at radius 2 is 2.04 bits per heavy atom. The smallest absolute Gasteiger partial charge is 0.121 e. The monoisotopic (exact) mass is 376 g/mol. The molecule has 0 aliphatic carbocycles. The van der Waals surface area contributed by atoms with Crippen molar-refractivity contribution >= 4 is 17.4 Å². The van der Waals surface area contributed by atoms with E-state index in [0.29, 0.717) is 5.25 Å². The van der Waals surface area contributed by atoms with Crippen molar-refractivity contribution in [3.63, 3.8) is 0 Å². The van der Waals surface area contributed by atoms with Gasteiger partial charge in [0, 0.05) is 35.6 Å². The molecule has 4 heteroatoms. The zero-order chi connectivity index (χ0) is 18.6. The van der Waals surface area contributed by atoms with E-state index >= 15 is 0 Å². The van der Waals surface area contributed by atoms with Crippen LogP contribution in [0.2, 0.25) is 0 Å². The van der Waals surface area contributed by atoms with E-state index in [1.54, 1.807) is 7.11 Å². The molecule has 138 valence electrons. The molecule has 0 N–H and O–H groups in total. The largest absolute Gasteiger partial charge is 0.496 e. The average Bonchev–Trinajstić information content (AvgIpc) is 2.89. The molecular weight excluding hydrogens is 352 g/mol. The lowest BCUT2D eigenvalue weighted by atomic mass is 10.1. The zero-order valence-corrected chi connectivity index (χ0v) is 16.6. The molecule has 2 aromatic carbocycles. The fourth-order valence-electron chi connectivity index (χ4n) is 3.64. The summed E-state index contributed by atoms with van der Waals surface area (Å²) >= 11 is 1.97. The van der Waals surface area contributed by atoms with Gasteiger partial charge in [-0.05, 0) is 54.3 Å². The van der Waals surface area contributed by atoms with Crippen LogP contribution in [0.1, 0.15) is 28.4 Å². The number of benzene rings is 2. The summed E-state index contributed by atoms with van der Waals surface area (Å²) in [5.41, 5.74) is 5.13. The number of rotatable bonds is 4. The minimum Gasteiger partial charge on any atom is -0.496 e. The van der Waals surface area contributed by atoms with Crippen LogP contribution in [0.4, 0.5) is 5.69 Å². The third-order valence-corrected chi connectivity index (χ3v) is 6.41. The number of hydrogen-bond donors (Lipinski definition) is 0. The molecule has 1 aromatic heterocycles. The second-order valence-corrected chi connectivity index (χ2v) is 8.12. The number of nitrogens with zero attached hydrogens (tertiary/aromatic N) is 2. The molecule has 0 fully saturated rings. The van der Waals surface area contributed by atoms with E-state index in [2.05, 4.69) is 65.3 Å². The van der Waals surface area contributed by atoms with Crippen LogP contribution >= 0.6 is 11.8 Å². The Morgan fingerprint density at radius 3 is 2.81 bits per heavy atom. The van der Waals surface area contributed by atoms with E-state index in [1.165, 1.54) is 27.3 Å². The van der Waals surface area contributed by atoms with Crippen molar-refractivity contribution < 1.29 is 4.74 Å². The molecule has 0 amide bonds. The van der Waals surface area contributed by atoms with E-state index in [-0.39, 0.29) is 0 Å². The Morgan fingerprint density at radius 1 is 1.15 bits per heavy atom. The SMILES string of the molecule is COc1ccc(C2CCN(Cc3cccnc3)c3ccccc3S2)cc1C. The van der Waals surface area contributed by atoms with Crippen LogP contribution in [-0.4, -0.2) is 18.6 Å². The maximum absolute atomic E-state index is 5.43. The second kappa shape index (κ2) is 8.05. The van der Waals surface area contributed by atoms with Crippen LogP contribution < -0.4 is 9.64 Å². The minimum absolute atomic E-state index is 0.439. The van der Waals surface area contributed by atoms with Crippen molar-refractivity contribution in [2.24, 2.45) is 0 Å². The van der Waals surface area contributed by atoms with E-state index < -0.39 is 0 Å². The molecule has 3 nitrogen and oxygen atoms in total. The number of para-hydroxylation sites is 1. The first-order valence-electron chi connectivity index (χ1n) is 9.28. The fourth-order valence-corrected chi connectivity index (χ4v) is 4.92. The van der Waals surface area contributed by atoms with Crippen molar-refractivity contribution in [2.45, 2.75) is 30.0 Å². The maximum Gasteiger partial charge on any atom is 0.121 e. The van der Waals surface area contributed by atoms with Crippen LogP contribution in [0.3, 0.4) is 0 Å². The number of aryl methyl sites for hydroxylation is 1. The summed E-state index contributed by atoms with van der Waals surface area (Å²) < 4.78 is 5.43. The number of pyridine rings is 1. The Balaban J connectivity index is 1.62. The highest BCUT2D eigenvalue weighted by Crippen LogP contribution is 2.45. The summed E-state index contributed by atoms with van der Waals surface area (Å²) in [5, 5.41) is 0.439. The number of hydrogen-bond acceptors (Lipinski definition) is 4. The summed E-state index contributed by atoms with van der Waals surface area (Å²) in [6, 6.07) is 19.5. The zero-order valence-electron chi connectivity index (χ0n) is 15.8. The van der Waals surface area contributed by atoms with Gasteiger partial charge in [-0.25, -0.2) is 0 Å². The standard InChI is InChI=1S/C23H24N2OS/c1-17-14-19(9-10-21(17)26-2)22-11-13-25(16-18-6-5-12-24-15-18)20-7-3-4-8-23(20)27-22/h3-10,12,14-15,22H,11,13,16H2,1-2H3. The molecule has 0 saturated heterocycles. The quantitative estimate of drug-likeness (QED) is 0.588. The molecule has 1 aliphatic heterocycles. The van der Waals surface area contributed by atoms with E-state index in [0.717, 1.165) is 25.3 Å². The number of ether oxygens (including phenoxy) is 1. The Kier molecular flexibility index (Phi) is 5.35. The summed E-state index contributed by atoms with van der Waals surface area (Å²) in [6.45, 7) is 4.03. The van der Waals surface area contributed by atoms with Crippen LogP contribution in [-0.2, 0) is 6.54 Å². The summed E-state index contributed by atoms with van der Waals surface area (Å²) in [4.78, 5) is 8.10. The number of thioether (sulfide) groups is 1. The van der Waals surface area contributed by atoms with Gasteiger partial charge in [-0.3, -0.25) is 4.98 Å².